The van der Waals surface area contributed by atoms with Gasteiger partial charge in [-0.25, -0.2) is 0 Å². The summed E-state index contributed by atoms with van der Waals surface area (Å²) < 4.78 is 0. The smallest absolute Gasteiger partial charge is 0.237 e. The molecule has 0 radical (unpaired) electrons. The maximum absolute atomic E-state index is 10.9. The summed E-state index contributed by atoms with van der Waals surface area (Å²) in [7, 11) is 0. The van der Waals surface area contributed by atoms with E-state index >= 15 is 0 Å². The molecule has 72 valence electrons. The quantitative estimate of drug-likeness (QED) is 0.590. The van der Waals surface area contributed by atoms with E-state index in [-0.39, 0.29) is 5.91 Å². The van der Waals surface area contributed by atoms with Gasteiger partial charge in [-0.1, -0.05) is 33.1 Å². The summed E-state index contributed by atoms with van der Waals surface area (Å²) in [6.45, 7) is 4.02. The summed E-state index contributed by atoms with van der Waals surface area (Å²) in [5.41, 5.74) is 10.2. The molecule has 0 aromatic heterocycles. The maximum Gasteiger partial charge on any atom is 0.237 e. The zero-order valence-electron chi connectivity index (χ0n) is 8.10. The molecule has 1 atom stereocenters. The van der Waals surface area contributed by atoms with E-state index in [1.54, 1.807) is 0 Å². The first kappa shape index (κ1) is 11.4. The predicted molar refractivity (Wildman–Crippen MR) is 50.5 cm³/mol. The zero-order chi connectivity index (χ0) is 9.61. The number of hydrogen-bond donors (Lipinski definition) is 2. The van der Waals surface area contributed by atoms with Crippen molar-refractivity contribution in [2.45, 2.75) is 51.5 Å². The van der Waals surface area contributed by atoms with Crippen molar-refractivity contribution in [3.63, 3.8) is 0 Å². The van der Waals surface area contributed by atoms with E-state index in [2.05, 4.69) is 6.92 Å². The van der Waals surface area contributed by atoms with Crippen LogP contribution in [-0.4, -0.2) is 11.4 Å². The monoisotopic (exact) mass is 172 g/mol. The highest BCUT2D eigenvalue weighted by Gasteiger charge is 2.28. The fourth-order valence-corrected chi connectivity index (χ4v) is 1.16. The minimum atomic E-state index is -0.769. The van der Waals surface area contributed by atoms with Crippen LogP contribution in [0.25, 0.3) is 0 Å². The van der Waals surface area contributed by atoms with E-state index in [1.165, 1.54) is 0 Å². The second-order valence-electron chi connectivity index (χ2n) is 3.33. The molecule has 0 aliphatic carbocycles. The Kier molecular flexibility index (Phi) is 4.90. The van der Waals surface area contributed by atoms with Gasteiger partial charge in [0.1, 0.15) is 0 Å². The average molecular weight is 172 g/mol. The normalized spacial score (nSPS) is 15.6. The summed E-state index contributed by atoms with van der Waals surface area (Å²) in [6, 6.07) is 0. The lowest BCUT2D eigenvalue weighted by Crippen LogP contribution is -2.51. The molecule has 1 amide bonds. The Labute approximate surface area is 74.5 Å². The van der Waals surface area contributed by atoms with Crippen LogP contribution in [0.1, 0.15) is 46.0 Å². The molecule has 0 saturated carbocycles. The number of nitrogens with two attached hydrogens (primary N) is 2. The van der Waals surface area contributed by atoms with Gasteiger partial charge in [0.15, 0.2) is 0 Å². The number of amides is 1. The summed E-state index contributed by atoms with van der Waals surface area (Å²) >= 11 is 0. The lowest BCUT2D eigenvalue weighted by Gasteiger charge is -2.23. The Hall–Kier alpha value is -0.570. The van der Waals surface area contributed by atoms with Gasteiger partial charge in [-0.15, -0.1) is 0 Å². The van der Waals surface area contributed by atoms with Gasteiger partial charge in [0.2, 0.25) is 5.91 Å². The topological polar surface area (TPSA) is 69.1 Å². The highest BCUT2D eigenvalue weighted by Crippen LogP contribution is 2.15. The van der Waals surface area contributed by atoms with E-state index in [1.807, 2.05) is 6.92 Å². The number of unbranched alkanes of at least 4 members (excludes halogenated alkanes) is 2. The molecule has 3 nitrogen and oxygen atoms in total. The van der Waals surface area contributed by atoms with E-state index in [4.69, 9.17) is 11.5 Å². The van der Waals surface area contributed by atoms with Gasteiger partial charge in [-0.05, 0) is 12.8 Å². The largest absolute Gasteiger partial charge is 0.368 e. The molecule has 0 bridgehead atoms. The van der Waals surface area contributed by atoms with Crippen molar-refractivity contribution >= 4 is 5.91 Å². The van der Waals surface area contributed by atoms with Crippen LogP contribution >= 0.6 is 0 Å². The van der Waals surface area contributed by atoms with Crippen molar-refractivity contribution in [3.05, 3.63) is 0 Å². The van der Waals surface area contributed by atoms with Crippen LogP contribution in [0, 0.1) is 0 Å². The molecule has 0 fully saturated rings. The van der Waals surface area contributed by atoms with Gasteiger partial charge >= 0.3 is 0 Å². The predicted octanol–water partition coefficient (Wildman–Crippen LogP) is 1.16. The maximum atomic E-state index is 10.9. The third-order valence-electron chi connectivity index (χ3n) is 2.35. The van der Waals surface area contributed by atoms with Crippen LogP contribution in [-0.2, 0) is 4.79 Å². The Balaban J connectivity index is 3.88. The molecular weight excluding hydrogens is 152 g/mol. The fourth-order valence-electron chi connectivity index (χ4n) is 1.16. The second-order valence-corrected chi connectivity index (χ2v) is 3.33. The highest BCUT2D eigenvalue weighted by atomic mass is 16.1. The van der Waals surface area contributed by atoms with Crippen LogP contribution in [0.5, 0.6) is 0 Å². The molecule has 0 aliphatic rings. The molecule has 0 aromatic rings. The van der Waals surface area contributed by atoms with Crippen molar-refractivity contribution in [2.24, 2.45) is 11.5 Å². The van der Waals surface area contributed by atoms with Gasteiger partial charge in [0.05, 0.1) is 5.54 Å². The Morgan fingerprint density at radius 1 is 1.33 bits per heavy atom. The SMILES string of the molecule is CCCCCC(N)(CC)C(N)=O. The second kappa shape index (κ2) is 5.14. The molecule has 1 unspecified atom stereocenters. The van der Waals surface area contributed by atoms with Gasteiger partial charge in [0.25, 0.3) is 0 Å². The fraction of sp³-hybridized carbons (Fsp3) is 0.889. The van der Waals surface area contributed by atoms with Gasteiger partial charge in [-0.3, -0.25) is 4.79 Å². The lowest BCUT2D eigenvalue weighted by atomic mass is 9.90. The van der Waals surface area contributed by atoms with Crippen molar-refractivity contribution in [1.29, 1.82) is 0 Å². The molecule has 0 heterocycles. The third-order valence-corrected chi connectivity index (χ3v) is 2.35. The van der Waals surface area contributed by atoms with Crippen LogP contribution < -0.4 is 11.5 Å². The highest BCUT2D eigenvalue weighted by molar-refractivity contribution is 5.84. The van der Waals surface area contributed by atoms with Crippen molar-refractivity contribution in [1.82, 2.24) is 0 Å². The Bertz CT molecular complexity index is 147. The standard InChI is InChI=1S/C9H20N2O/c1-3-5-6-7-9(11,4-2)8(10)12/h3-7,11H2,1-2H3,(H2,10,12). The van der Waals surface area contributed by atoms with E-state index in [0.29, 0.717) is 12.8 Å². The van der Waals surface area contributed by atoms with Gasteiger partial charge in [0, 0.05) is 0 Å². The summed E-state index contributed by atoms with van der Waals surface area (Å²) in [6.07, 6.45) is 4.59. The molecule has 3 heteroatoms. The minimum absolute atomic E-state index is 0.374. The molecule has 12 heavy (non-hydrogen) atoms. The summed E-state index contributed by atoms with van der Waals surface area (Å²) in [5.74, 6) is -0.374. The van der Waals surface area contributed by atoms with Crippen molar-refractivity contribution in [3.8, 4) is 0 Å². The Morgan fingerprint density at radius 2 is 1.92 bits per heavy atom. The first-order chi connectivity index (χ1) is 5.56. The van der Waals surface area contributed by atoms with Gasteiger partial charge in [-0.2, -0.15) is 0 Å². The Morgan fingerprint density at radius 3 is 2.25 bits per heavy atom. The number of primary amides is 1. The number of carbonyl (C=O) groups is 1. The molecule has 0 rings (SSSR count). The molecule has 4 N–H and O–H groups in total. The van der Waals surface area contributed by atoms with E-state index < -0.39 is 5.54 Å². The summed E-state index contributed by atoms with van der Waals surface area (Å²) in [5, 5.41) is 0. The molecule has 0 aliphatic heterocycles. The van der Waals surface area contributed by atoms with Crippen LogP contribution in [0.3, 0.4) is 0 Å². The summed E-state index contributed by atoms with van der Waals surface area (Å²) in [4.78, 5) is 10.9. The van der Waals surface area contributed by atoms with Gasteiger partial charge < -0.3 is 11.5 Å². The average Bonchev–Trinajstić information content (AvgIpc) is 2.04. The molecular formula is C9H20N2O. The minimum Gasteiger partial charge on any atom is -0.368 e. The van der Waals surface area contributed by atoms with E-state index in [9.17, 15) is 4.79 Å². The molecule has 0 saturated heterocycles. The number of rotatable bonds is 6. The third kappa shape index (κ3) is 3.22. The molecule has 0 spiro atoms. The first-order valence-corrected chi connectivity index (χ1v) is 4.65. The lowest BCUT2D eigenvalue weighted by molar-refractivity contribution is -0.123. The van der Waals surface area contributed by atoms with Crippen molar-refractivity contribution < 1.29 is 4.79 Å². The van der Waals surface area contributed by atoms with Crippen molar-refractivity contribution in [2.75, 3.05) is 0 Å². The first-order valence-electron chi connectivity index (χ1n) is 4.65. The zero-order valence-corrected chi connectivity index (χ0v) is 8.10. The van der Waals surface area contributed by atoms with E-state index in [0.717, 1.165) is 19.3 Å². The van der Waals surface area contributed by atoms with Crippen LogP contribution in [0.2, 0.25) is 0 Å². The van der Waals surface area contributed by atoms with Crippen LogP contribution in [0.15, 0.2) is 0 Å². The van der Waals surface area contributed by atoms with Crippen LogP contribution in [0.4, 0.5) is 0 Å². The molecule has 0 aromatic carbocycles. The number of hydrogen-bond acceptors (Lipinski definition) is 2. The number of carbonyl (C=O) groups excluding carboxylic acids is 1.